The Bertz CT molecular complexity index is 1370. The molecule has 0 radical (unpaired) electrons. The van der Waals surface area contributed by atoms with Gasteiger partial charge < -0.3 is 63.3 Å². The van der Waals surface area contributed by atoms with Gasteiger partial charge in [0.2, 0.25) is 17.5 Å². The van der Waals surface area contributed by atoms with Gasteiger partial charge in [-0.3, -0.25) is 14.4 Å². The Hall–Kier alpha value is -1.40. The van der Waals surface area contributed by atoms with Crippen molar-refractivity contribution in [2.75, 3.05) is 37.0 Å². The molecule has 0 spiro atoms. The Kier molecular flexibility index (Phi) is 12.3. The summed E-state index contributed by atoms with van der Waals surface area (Å²) < 4.78 is 59.1. The lowest BCUT2D eigenvalue weighted by molar-refractivity contribution is -0.277. The number of imide groups is 1. The number of alkyl halides is 2. The molecule has 52 heavy (non-hydrogen) atoms. The van der Waals surface area contributed by atoms with Crippen LogP contribution in [0.2, 0.25) is 0 Å². The highest BCUT2D eigenvalue weighted by Gasteiger charge is 2.66. The van der Waals surface area contributed by atoms with Crippen molar-refractivity contribution in [3.8, 4) is 0 Å². The summed E-state index contributed by atoms with van der Waals surface area (Å²) in [4.78, 5) is 48.3. The molecule has 3 amide bonds. The minimum Gasteiger partial charge on any atom is -0.350 e. The molecule has 20 heteroatoms. The van der Waals surface area contributed by atoms with Crippen LogP contribution in [0.1, 0.15) is 68.2 Å². The highest BCUT2D eigenvalue weighted by molar-refractivity contribution is 9.09. The van der Waals surface area contributed by atoms with E-state index in [0.29, 0.717) is 18.3 Å². The highest BCUT2D eigenvalue weighted by atomic mass is 79.9. The largest absolute Gasteiger partial charge is 0.350 e. The number of amides is 3. The molecule has 7 rings (SSSR count). The molecule has 0 aromatic carbocycles. The number of nitrogens with two attached hydrogens (primary N) is 1. The lowest BCUT2D eigenvalue weighted by Gasteiger charge is -2.40. The minimum atomic E-state index is -1.06. The van der Waals surface area contributed by atoms with Gasteiger partial charge in [0, 0.05) is 12.8 Å². The van der Waals surface area contributed by atoms with Crippen LogP contribution in [0.5, 0.6) is 0 Å². The van der Waals surface area contributed by atoms with Crippen molar-refractivity contribution in [3.63, 3.8) is 0 Å². The molecule has 0 aromatic heterocycles. The van der Waals surface area contributed by atoms with Gasteiger partial charge in [0.1, 0.15) is 42.0 Å². The Morgan fingerprint density at radius 3 is 1.65 bits per heavy atom. The number of hydrogen-bond acceptors (Lipinski definition) is 16. The minimum absolute atomic E-state index is 0.0376. The summed E-state index contributed by atoms with van der Waals surface area (Å²) in [5.74, 6) is -6.58. The monoisotopic (exact) mass is 873 g/mol. The molecule has 7 aliphatic heterocycles. The van der Waals surface area contributed by atoms with Crippen molar-refractivity contribution in [1.82, 2.24) is 10.4 Å². The van der Waals surface area contributed by atoms with Crippen LogP contribution >= 0.6 is 31.9 Å². The Balaban J connectivity index is 0.000000158. The van der Waals surface area contributed by atoms with Crippen LogP contribution in [0.15, 0.2) is 0 Å². The number of carbonyl (C=O) groups is 4. The lowest BCUT2D eigenvalue weighted by atomic mass is 9.97. The summed E-state index contributed by atoms with van der Waals surface area (Å²) in [6, 6.07) is 0. The second-order valence-electron chi connectivity index (χ2n) is 14.9. The number of halogens is 2. The number of hydrogen-bond donors (Lipinski definition) is 2. The van der Waals surface area contributed by atoms with Crippen LogP contribution in [-0.4, -0.2) is 137 Å². The van der Waals surface area contributed by atoms with Crippen molar-refractivity contribution in [3.05, 3.63) is 0 Å². The number of fused-ring (bicyclic) bond motifs is 6. The predicted octanol–water partition coefficient (Wildman–Crippen LogP) is 1.23. The van der Waals surface area contributed by atoms with Crippen LogP contribution < -0.4 is 11.1 Å². The zero-order chi connectivity index (χ0) is 38.5. The van der Waals surface area contributed by atoms with E-state index in [-0.39, 0.29) is 73.0 Å². The first-order chi connectivity index (χ1) is 24.1. The number of rotatable bonds is 6. The van der Waals surface area contributed by atoms with E-state index < -0.39 is 58.6 Å². The van der Waals surface area contributed by atoms with Crippen LogP contribution in [0.4, 0.5) is 0 Å². The van der Waals surface area contributed by atoms with E-state index in [4.69, 9.17) is 53.1 Å². The van der Waals surface area contributed by atoms with E-state index in [2.05, 4.69) is 42.0 Å². The highest BCUT2D eigenvalue weighted by Crippen LogP contribution is 2.48. The summed E-state index contributed by atoms with van der Waals surface area (Å²) in [5, 5.41) is 3.49. The summed E-state index contributed by atoms with van der Waals surface area (Å²) in [5.41, 5.74) is 5.82. The first-order valence-corrected chi connectivity index (χ1v) is 19.2. The van der Waals surface area contributed by atoms with E-state index in [1.165, 1.54) is 0 Å². The third-order valence-corrected chi connectivity index (χ3v) is 9.76. The topological polar surface area (TPSA) is 211 Å². The summed E-state index contributed by atoms with van der Waals surface area (Å²) in [6.07, 6.45) is -1.45. The number of carbonyl (C=O) groups excluding carboxylic acids is 4. The quantitative estimate of drug-likeness (QED) is 0.284. The van der Waals surface area contributed by atoms with Gasteiger partial charge in [-0.05, 0) is 55.4 Å². The molecule has 8 atom stereocenters. The predicted molar refractivity (Wildman–Crippen MR) is 182 cm³/mol. The Morgan fingerprint density at radius 1 is 0.731 bits per heavy atom. The van der Waals surface area contributed by atoms with Crippen molar-refractivity contribution >= 4 is 55.6 Å². The maximum absolute atomic E-state index is 11.6. The first kappa shape index (κ1) is 41.8. The molecule has 0 aliphatic carbocycles. The Labute approximate surface area is 318 Å². The van der Waals surface area contributed by atoms with E-state index in [0.717, 1.165) is 0 Å². The molecule has 0 saturated carbocycles. The van der Waals surface area contributed by atoms with Gasteiger partial charge in [0.25, 0.3) is 11.8 Å². The van der Waals surface area contributed by atoms with Gasteiger partial charge in [-0.15, -0.1) is 5.06 Å². The molecule has 0 unspecified atom stereocenters. The third-order valence-electron chi connectivity index (χ3n) is 8.80. The van der Waals surface area contributed by atoms with E-state index in [9.17, 15) is 19.2 Å². The molecule has 7 fully saturated rings. The zero-order valence-electron chi connectivity index (χ0n) is 30.5. The smallest absolute Gasteiger partial charge is 0.343 e. The van der Waals surface area contributed by atoms with Crippen LogP contribution in [0.3, 0.4) is 0 Å². The lowest BCUT2D eigenvalue weighted by Crippen LogP contribution is -2.62. The number of nitrogens with one attached hydrogen (secondary N) is 1. The molecule has 7 saturated heterocycles. The maximum Gasteiger partial charge on any atom is 0.343 e. The normalized spacial score (nSPS) is 38.5. The van der Waals surface area contributed by atoms with E-state index in [1.807, 2.05) is 55.4 Å². The van der Waals surface area contributed by atoms with Crippen LogP contribution in [0.25, 0.3) is 0 Å². The fraction of sp³-hybridized carbons (Fsp3) is 0.875. The standard InChI is InChI=1S/C14H22BrNO6.C12H21NO5.C6H6BrNO4/c1-12(2)19-8-6-18-14(7-16-9(17)5-15)11(10(8)20-12)21-13(3,4)22-14;1-10(2)15-7-5-14-12(6-13)9(8(7)16-10)17-11(3,4)18-12;7-3-6(11)12-8-4(9)1-2-5(8)10/h8,10-11H,5-7H2,1-4H3,(H,16,17);7-9H,5-6,13H2,1-4H3;1-3H2/t8-,10-,11+,14+;7-,8-,9+,12+;/m11./s1. The fourth-order valence-corrected chi connectivity index (χ4v) is 7.35. The second-order valence-corrected chi connectivity index (χ2v) is 16.0. The molecule has 7 aliphatic rings. The van der Waals surface area contributed by atoms with Crippen LogP contribution in [-0.2, 0) is 71.4 Å². The molecule has 7 heterocycles. The molecular formula is C32H49Br2N3O15. The van der Waals surface area contributed by atoms with Crippen molar-refractivity contribution in [2.45, 2.75) is 140 Å². The molecular weight excluding hydrogens is 826 g/mol. The molecule has 0 bridgehead atoms. The average Bonchev–Trinajstić information content (AvgIpc) is 3.81. The number of ether oxygens (including phenoxy) is 10. The van der Waals surface area contributed by atoms with E-state index in [1.54, 1.807) is 0 Å². The number of nitrogens with zero attached hydrogens (tertiary/aromatic N) is 1. The third kappa shape index (κ3) is 9.00. The second kappa shape index (κ2) is 15.3. The van der Waals surface area contributed by atoms with Crippen molar-refractivity contribution in [2.24, 2.45) is 5.73 Å². The summed E-state index contributed by atoms with van der Waals surface area (Å²) in [6.45, 7) is 16.0. The van der Waals surface area contributed by atoms with Crippen LogP contribution in [0, 0.1) is 0 Å². The zero-order valence-corrected chi connectivity index (χ0v) is 33.7. The average molecular weight is 876 g/mol. The van der Waals surface area contributed by atoms with Crippen molar-refractivity contribution in [1.29, 1.82) is 0 Å². The van der Waals surface area contributed by atoms with Gasteiger partial charge in [0.05, 0.1) is 31.6 Å². The fourth-order valence-electron chi connectivity index (χ4n) is 7.05. The van der Waals surface area contributed by atoms with Gasteiger partial charge in [0.15, 0.2) is 23.1 Å². The van der Waals surface area contributed by atoms with Gasteiger partial charge in [-0.1, -0.05) is 31.9 Å². The summed E-state index contributed by atoms with van der Waals surface area (Å²) in [7, 11) is 0. The first-order valence-electron chi connectivity index (χ1n) is 17.0. The molecule has 0 aromatic rings. The summed E-state index contributed by atoms with van der Waals surface area (Å²) >= 11 is 5.96. The van der Waals surface area contributed by atoms with Gasteiger partial charge in [-0.25, -0.2) is 4.79 Å². The SMILES string of the molecule is CC1(C)O[C@@H]2[C@@H](CO[C@@]3(CN)OC(C)(C)O[C@@H]23)O1.CC1(C)O[C@@H]2[C@@H](CO[C@@]3(CNC(=O)CBr)OC(C)(C)O[C@@H]23)O1.O=C(CBr)ON1C(=O)CCC1=O. The van der Waals surface area contributed by atoms with Crippen molar-refractivity contribution < 1.29 is 71.4 Å². The molecule has 18 nitrogen and oxygen atoms in total. The van der Waals surface area contributed by atoms with Gasteiger partial charge >= 0.3 is 5.97 Å². The van der Waals surface area contributed by atoms with Gasteiger partial charge in [-0.2, -0.15) is 0 Å². The Morgan fingerprint density at radius 2 is 1.19 bits per heavy atom. The molecule has 3 N–H and O–H groups in total. The van der Waals surface area contributed by atoms with E-state index >= 15 is 0 Å². The molecule has 296 valence electrons. The number of hydroxylamine groups is 2. The maximum atomic E-state index is 11.6.